The number of allylic oxidation sites excluding steroid dienone is 1. The van der Waals surface area contributed by atoms with Crippen molar-refractivity contribution >= 4 is 17.4 Å². The molecule has 0 spiro atoms. The smallest absolute Gasteiger partial charge is 0.284 e. The Morgan fingerprint density at radius 2 is 2.00 bits per heavy atom. The highest BCUT2D eigenvalue weighted by atomic mass is 16.2. The second-order valence-corrected chi connectivity index (χ2v) is 4.78. The molecule has 0 unspecified atom stereocenters. The minimum Gasteiger partial charge on any atom is -0.382 e. The number of para-hydroxylation sites is 1. The SMILES string of the molecule is CN1CCC/C1=C1/C(=O)N(c2ccccc2)N=C1N. The first-order valence-electron chi connectivity index (χ1n) is 6.36. The topological polar surface area (TPSA) is 61.9 Å². The number of benzene rings is 1. The first kappa shape index (κ1) is 11.8. The molecule has 1 amide bonds. The molecule has 19 heavy (non-hydrogen) atoms. The molecular weight excluding hydrogens is 240 g/mol. The average molecular weight is 256 g/mol. The van der Waals surface area contributed by atoms with Crippen molar-refractivity contribution in [2.75, 3.05) is 18.6 Å². The van der Waals surface area contributed by atoms with Gasteiger partial charge in [0, 0.05) is 19.3 Å². The van der Waals surface area contributed by atoms with E-state index >= 15 is 0 Å². The first-order valence-corrected chi connectivity index (χ1v) is 6.36. The van der Waals surface area contributed by atoms with Gasteiger partial charge >= 0.3 is 0 Å². The summed E-state index contributed by atoms with van der Waals surface area (Å²) in [7, 11) is 1.99. The van der Waals surface area contributed by atoms with E-state index in [1.807, 2.05) is 37.4 Å². The summed E-state index contributed by atoms with van der Waals surface area (Å²) in [6.45, 7) is 0.963. The quantitative estimate of drug-likeness (QED) is 0.770. The summed E-state index contributed by atoms with van der Waals surface area (Å²) >= 11 is 0. The Hall–Kier alpha value is -2.30. The van der Waals surface area contributed by atoms with Crippen LogP contribution < -0.4 is 10.7 Å². The van der Waals surface area contributed by atoms with Gasteiger partial charge in [-0.1, -0.05) is 18.2 Å². The number of carbonyl (C=O) groups excluding carboxylic acids is 1. The molecule has 2 aliphatic heterocycles. The van der Waals surface area contributed by atoms with Crippen LogP contribution in [0.2, 0.25) is 0 Å². The van der Waals surface area contributed by atoms with E-state index in [0.29, 0.717) is 11.4 Å². The van der Waals surface area contributed by atoms with Crippen molar-refractivity contribution < 1.29 is 4.79 Å². The zero-order valence-electron chi connectivity index (χ0n) is 10.8. The molecule has 1 saturated heterocycles. The number of hydrogen-bond acceptors (Lipinski definition) is 4. The predicted molar refractivity (Wildman–Crippen MR) is 74.4 cm³/mol. The minimum absolute atomic E-state index is 0.132. The Kier molecular flexibility index (Phi) is 2.74. The number of hydrogen-bond donors (Lipinski definition) is 1. The number of amides is 1. The maximum Gasteiger partial charge on any atom is 0.284 e. The third kappa shape index (κ3) is 1.87. The van der Waals surface area contributed by atoms with Gasteiger partial charge in [0.15, 0.2) is 5.84 Å². The highest BCUT2D eigenvalue weighted by molar-refractivity contribution is 6.29. The molecule has 0 saturated carbocycles. The summed E-state index contributed by atoms with van der Waals surface area (Å²) in [5.41, 5.74) is 8.25. The number of nitrogens with zero attached hydrogens (tertiary/aromatic N) is 3. The number of nitrogens with two attached hydrogens (primary N) is 1. The predicted octanol–water partition coefficient (Wildman–Crippen LogP) is 1.29. The second kappa shape index (κ2) is 4.42. The van der Waals surface area contributed by atoms with Gasteiger partial charge in [0.25, 0.3) is 5.91 Å². The zero-order chi connectivity index (χ0) is 13.4. The summed E-state index contributed by atoms with van der Waals surface area (Å²) in [5.74, 6) is 0.185. The van der Waals surface area contributed by atoms with E-state index < -0.39 is 0 Å². The summed E-state index contributed by atoms with van der Waals surface area (Å²) in [4.78, 5) is 14.6. The van der Waals surface area contributed by atoms with Gasteiger partial charge in [0.05, 0.1) is 5.69 Å². The molecule has 0 bridgehead atoms. The van der Waals surface area contributed by atoms with E-state index in [4.69, 9.17) is 5.73 Å². The first-order chi connectivity index (χ1) is 9.18. The highest BCUT2D eigenvalue weighted by Crippen LogP contribution is 2.29. The summed E-state index contributed by atoms with van der Waals surface area (Å²) in [6, 6.07) is 9.35. The Balaban J connectivity index is 2.01. The standard InChI is InChI=1S/C14H16N4O/c1-17-9-5-8-11(17)12-13(15)16-18(14(12)19)10-6-3-2-4-7-10/h2-4,6-7H,5,8-9H2,1H3,(H2,15,16)/b12-11-. The van der Waals surface area contributed by atoms with E-state index in [9.17, 15) is 4.79 Å². The molecule has 2 heterocycles. The van der Waals surface area contributed by atoms with Gasteiger partial charge < -0.3 is 10.6 Å². The van der Waals surface area contributed by atoms with Crippen LogP contribution in [0.3, 0.4) is 0 Å². The fourth-order valence-electron chi connectivity index (χ4n) is 2.56. The molecule has 0 atom stereocenters. The number of amidine groups is 1. The largest absolute Gasteiger partial charge is 0.382 e. The van der Waals surface area contributed by atoms with Crippen LogP contribution >= 0.6 is 0 Å². The van der Waals surface area contributed by atoms with Crippen molar-refractivity contribution in [3.8, 4) is 0 Å². The average Bonchev–Trinajstić information content (AvgIpc) is 2.95. The van der Waals surface area contributed by atoms with E-state index in [1.54, 1.807) is 0 Å². The number of anilines is 1. The number of rotatable bonds is 1. The number of hydrazone groups is 1. The Morgan fingerprint density at radius 1 is 1.26 bits per heavy atom. The van der Waals surface area contributed by atoms with Crippen LogP contribution in [0.1, 0.15) is 12.8 Å². The van der Waals surface area contributed by atoms with Crippen LogP contribution in [0.4, 0.5) is 5.69 Å². The number of likely N-dealkylation sites (tertiary alicyclic amines) is 1. The molecule has 5 nitrogen and oxygen atoms in total. The van der Waals surface area contributed by atoms with Crippen molar-refractivity contribution in [1.29, 1.82) is 0 Å². The molecule has 0 aliphatic carbocycles. The van der Waals surface area contributed by atoms with Gasteiger partial charge in [0.1, 0.15) is 5.57 Å². The van der Waals surface area contributed by atoms with E-state index in [-0.39, 0.29) is 5.91 Å². The molecule has 1 aromatic carbocycles. The van der Waals surface area contributed by atoms with Crippen molar-refractivity contribution in [1.82, 2.24) is 4.90 Å². The lowest BCUT2D eigenvalue weighted by molar-refractivity contribution is -0.114. The highest BCUT2D eigenvalue weighted by Gasteiger charge is 2.34. The van der Waals surface area contributed by atoms with Crippen LogP contribution in [-0.2, 0) is 4.79 Å². The van der Waals surface area contributed by atoms with Gasteiger partial charge in [0.2, 0.25) is 0 Å². The lowest BCUT2D eigenvalue weighted by atomic mass is 10.1. The molecule has 98 valence electrons. The zero-order valence-corrected chi connectivity index (χ0v) is 10.8. The van der Waals surface area contributed by atoms with Crippen molar-refractivity contribution in [2.24, 2.45) is 10.8 Å². The second-order valence-electron chi connectivity index (χ2n) is 4.78. The van der Waals surface area contributed by atoms with Crippen molar-refractivity contribution in [3.05, 3.63) is 41.6 Å². The van der Waals surface area contributed by atoms with E-state index in [0.717, 1.165) is 30.8 Å². The maximum absolute atomic E-state index is 12.5. The molecule has 2 N–H and O–H groups in total. The van der Waals surface area contributed by atoms with Crippen LogP contribution in [0.5, 0.6) is 0 Å². The molecule has 0 radical (unpaired) electrons. The minimum atomic E-state index is -0.132. The van der Waals surface area contributed by atoms with Gasteiger partial charge in [-0.15, -0.1) is 5.10 Å². The van der Waals surface area contributed by atoms with Crippen molar-refractivity contribution in [2.45, 2.75) is 12.8 Å². The van der Waals surface area contributed by atoms with Gasteiger partial charge in [-0.25, -0.2) is 0 Å². The van der Waals surface area contributed by atoms with Crippen LogP contribution in [0, 0.1) is 0 Å². The summed E-state index contributed by atoms with van der Waals surface area (Å²) in [6.07, 6.45) is 1.94. The van der Waals surface area contributed by atoms with Crippen LogP contribution in [-0.4, -0.2) is 30.2 Å². The fourth-order valence-corrected chi connectivity index (χ4v) is 2.56. The van der Waals surface area contributed by atoms with Gasteiger partial charge in [-0.2, -0.15) is 5.01 Å². The van der Waals surface area contributed by atoms with E-state index in [2.05, 4.69) is 10.0 Å². The molecular formula is C14H16N4O. The molecule has 2 aliphatic rings. The summed E-state index contributed by atoms with van der Waals surface area (Å²) in [5, 5.41) is 5.57. The third-order valence-corrected chi connectivity index (χ3v) is 3.53. The third-order valence-electron chi connectivity index (χ3n) is 3.53. The normalized spacial score (nSPS) is 23.2. The molecule has 3 rings (SSSR count). The Bertz CT molecular complexity index is 576. The lowest BCUT2D eigenvalue weighted by Crippen LogP contribution is -2.26. The van der Waals surface area contributed by atoms with E-state index in [1.165, 1.54) is 5.01 Å². The molecule has 0 aromatic heterocycles. The lowest BCUT2D eigenvalue weighted by Gasteiger charge is -2.16. The summed E-state index contributed by atoms with van der Waals surface area (Å²) < 4.78 is 0. The van der Waals surface area contributed by atoms with Gasteiger partial charge in [-0.3, -0.25) is 4.79 Å². The molecule has 1 aromatic rings. The number of carbonyl (C=O) groups is 1. The molecule has 5 heteroatoms. The molecule has 1 fully saturated rings. The Morgan fingerprint density at radius 3 is 2.63 bits per heavy atom. The van der Waals surface area contributed by atoms with Crippen LogP contribution in [0.15, 0.2) is 46.7 Å². The Labute approximate surface area is 112 Å². The van der Waals surface area contributed by atoms with Crippen molar-refractivity contribution in [3.63, 3.8) is 0 Å². The maximum atomic E-state index is 12.5. The fraction of sp³-hybridized carbons (Fsp3) is 0.286. The monoisotopic (exact) mass is 256 g/mol. The van der Waals surface area contributed by atoms with Gasteiger partial charge in [-0.05, 0) is 25.0 Å². The van der Waals surface area contributed by atoms with Crippen LogP contribution in [0.25, 0.3) is 0 Å².